The van der Waals surface area contributed by atoms with Crippen molar-refractivity contribution in [2.24, 2.45) is 5.73 Å². The van der Waals surface area contributed by atoms with E-state index < -0.39 is 0 Å². The molecule has 0 radical (unpaired) electrons. The minimum atomic E-state index is 0.222. The molecule has 4 rings (SSSR count). The highest BCUT2D eigenvalue weighted by molar-refractivity contribution is 5.62. The van der Waals surface area contributed by atoms with Gasteiger partial charge < -0.3 is 15.8 Å². The lowest BCUT2D eigenvalue weighted by atomic mass is 9.90. The molecule has 0 aliphatic carbocycles. The van der Waals surface area contributed by atoms with Gasteiger partial charge in [-0.2, -0.15) is 5.10 Å². The second kappa shape index (κ2) is 9.28. The largest absolute Gasteiger partial charge is 0.439 e. The van der Waals surface area contributed by atoms with E-state index in [1.165, 1.54) is 11.1 Å². The number of nitrogens with two attached hydrogens (primary N) is 1. The molecule has 156 valence electrons. The highest BCUT2D eigenvalue weighted by Crippen LogP contribution is 2.29. The van der Waals surface area contributed by atoms with E-state index in [1.807, 2.05) is 31.6 Å². The fourth-order valence-electron chi connectivity index (χ4n) is 3.50. The smallest absolute Gasteiger partial charge is 0.219 e. The SMILES string of the molecule is C=C(N)c1ccnc(Oc2ccc(C(CNC)c3ccc(-c4cn[nH]c4)cc3)cc2)c1. The number of ether oxygens (including phenoxy) is 1. The van der Waals surface area contributed by atoms with E-state index in [1.54, 1.807) is 18.3 Å². The summed E-state index contributed by atoms with van der Waals surface area (Å²) in [6.07, 6.45) is 5.38. The standard InChI is InChI=1S/C25H25N5O/c1-17(26)21-11-12-28-25(13-21)31-23-9-7-20(8-10-23)24(16-27-2)19-5-3-18(4-6-19)22-14-29-30-15-22/h3-15,24,27H,1,16,26H2,2H3,(H,29,30). The van der Waals surface area contributed by atoms with Gasteiger partial charge in [0.15, 0.2) is 0 Å². The van der Waals surface area contributed by atoms with E-state index in [0.717, 1.165) is 29.0 Å². The molecule has 0 aliphatic heterocycles. The van der Waals surface area contributed by atoms with Crippen LogP contribution in [-0.2, 0) is 0 Å². The maximum Gasteiger partial charge on any atom is 0.219 e. The van der Waals surface area contributed by atoms with Crippen LogP contribution in [0.2, 0.25) is 0 Å². The summed E-state index contributed by atoms with van der Waals surface area (Å²) < 4.78 is 5.89. The average Bonchev–Trinajstić information content (AvgIpc) is 3.34. The van der Waals surface area contributed by atoms with Gasteiger partial charge in [-0.25, -0.2) is 4.98 Å². The van der Waals surface area contributed by atoms with E-state index in [2.05, 4.69) is 63.5 Å². The first-order valence-corrected chi connectivity index (χ1v) is 10.1. The molecule has 0 spiro atoms. The Kier molecular flexibility index (Phi) is 6.10. The van der Waals surface area contributed by atoms with Gasteiger partial charge in [-0.05, 0) is 41.9 Å². The molecule has 6 nitrogen and oxygen atoms in total. The summed E-state index contributed by atoms with van der Waals surface area (Å²) in [7, 11) is 1.97. The van der Waals surface area contributed by atoms with Gasteiger partial charge in [-0.15, -0.1) is 0 Å². The van der Waals surface area contributed by atoms with Gasteiger partial charge in [-0.3, -0.25) is 5.10 Å². The Bertz CT molecular complexity index is 1140. The summed E-state index contributed by atoms with van der Waals surface area (Å²) in [5.41, 5.74) is 11.7. The second-order valence-corrected chi connectivity index (χ2v) is 7.30. The summed E-state index contributed by atoms with van der Waals surface area (Å²) >= 11 is 0. The van der Waals surface area contributed by atoms with Crippen LogP contribution >= 0.6 is 0 Å². The normalized spacial score (nSPS) is 11.8. The first kappa shape index (κ1) is 20.4. The Morgan fingerprint density at radius 1 is 1.06 bits per heavy atom. The van der Waals surface area contributed by atoms with E-state index >= 15 is 0 Å². The van der Waals surface area contributed by atoms with Crippen molar-refractivity contribution in [2.45, 2.75) is 5.92 Å². The molecule has 0 aliphatic rings. The number of pyridine rings is 1. The van der Waals surface area contributed by atoms with Crippen LogP contribution in [0.4, 0.5) is 0 Å². The summed E-state index contributed by atoms with van der Waals surface area (Å²) in [4.78, 5) is 4.25. The van der Waals surface area contributed by atoms with E-state index in [0.29, 0.717) is 11.6 Å². The van der Waals surface area contributed by atoms with Crippen LogP contribution in [0, 0.1) is 0 Å². The molecule has 0 saturated carbocycles. The van der Waals surface area contributed by atoms with Crippen LogP contribution in [0.1, 0.15) is 22.6 Å². The highest BCUT2D eigenvalue weighted by atomic mass is 16.5. The van der Waals surface area contributed by atoms with Gasteiger partial charge in [0.25, 0.3) is 0 Å². The lowest BCUT2D eigenvalue weighted by Gasteiger charge is -2.18. The quantitative estimate of drug-likeness (QED) is 0.396. The molecule has 1 unspecified atom stereocenters. The molecule has 6 heteroatoms. The highest BCUT2D eigenvalue weighted by Gasteiger charge is 2.14. The molecule has 31 heavy (non-hydrogen) atoms. The Morgan fingerprint density at radius 2 is 1.77 bits per heavy atom. The number of rotatable bonds is 8. The van der Waals surface area contributed by atoms with Crippen molar-refractivity contribution in [1.82, 2.24) is 20.5 Å². The summed E-state index contributed by atoms with van der Waals surface area (Å²) in [6, 6.07) is 20.3. The molecule has 2 aromatic carbocycles. The van der Waals surface area contributed by atoms with Crippen molar-refractivity contribution >= 4 is 5.70 Å². The predicted octanol–water partition coefficient (Wildman–Crippen LogP) is 4.54. The van der Waals surface area contributed by atoms with Crippen molar-refractivity contribution in [3.63, 3.8) is 0 Å². The number of hydrogen-bond donors (Lipinski definition) is 3. The summed E-state index contributed by atoms with van der Waals surface area (Å²) in [5, 5.41) is 10.2. The van der Waals surface area contributed by atoms with Crippen LogP contribution in [-0.4, -0.2) is 28.8 Å². The summed E-state index contributed by atoms with van der Waals surface area (Å²) in [6.45, 7) is 4.58. The van der Waals surface area contributed by atoms with Crippen LogP contribution in [0.5, 0.6) is 11.6 Å². The van der Waals surface area contributed by atoms with E-state index in [9.17, 15) is 0 Å². The molecule has 2 heterocycles. The third kappa shape index (κ3) is 4.82. The Labute approximate surface area is 181 Å². The van der Waals surface area contributed by atoms with Gasteiger partial charge in [0.05, 0.1) is 6.20 Å². The zero-order valence-corrected chi connectivity index (χ0v) is 17.4. The van der Waals surface area contributed by atoms with Gasteiger partial charge in [0.2, 0.25) is 5.88 Å². The van der Waals surface area contributed by atoms with Gasteiger partial charge >= 0.3 is 0 Å². The third-order valence-electron chi connectivity index (χ3n) is 5.16. The number of aromatic amines is 1. The molecule has 0 amide bonds. The monoisotopic (exact) mass is 411 g/mol. The van der Waals surface area contributed by atoms with Gasteiger partial charge in [0.1, 0.15) is 5.75 Å². The van der Waals surface area contributed by atoms with Gasteiger partial charge in [-0.1, -0.05) is 43.0 Å². The maximum absolute atomic E-state index is 5.89. The molecule has 0 fully saturated rings. The van der Waals surface area contributed by atoms with Crippen molar-refractivity contribution in [3.05, 3.63) is 103 Å². The van der Waals surface area contributed by atoms with Crippen LogP contribution in [0.15, 0.2) is 85.8 Å². The molecule has 2 aromatic heterocycles. The first-order valence-electron chi connectivity index (χ1n) is 10.1. The second-order valence-electron chi connectivity index (χ2n) is 7.30. The van der Waals surface area contributed by atoms with Crippen molar-refractivity contribution in [1.29, 1.82) is 0 Å². The zero-order valence-electron chi connectivity index (χ0n) is 17.4. The predicted molar refractivity (Wildman–Crippen MR) is 124 cm³/mol. The molecular weight excluding hydrogens is 386 g/mol. The van der Waals surface area contributed by atoms with Crippen LogP contribution in [0.3, 0.4) is 0 Å². The maximum atomic E-state index is 5.89. The molecule has 1 atom stereocenters. The molecular formula is C25H25N5O. The number of H-pyrrole nitrogens is 1. The van der Waals surface area contributed by atoms with Crippen molar-refractivity contribution in [3.8, 4) is 22.8 Å². The molecule has 0 saturated heterocycles. The number of nitrogens with zero attached hydrogens (tertiary/aromatic N) is 2. The van der Waals surface area contributed by atoms with Crippen molar-refractivity contribution in [2.75, 3.05) is 13.6 Å². The number of benzene rings is 2. The Balaban J connectivity index is 1.52. The fraction of sp³-hybridized carbons (Fsp3) is 0.120. The summed E-state index contributed by atoms with van der Waals surface area (Å²) in [5.74, 6) is 1.42. The minimum absolute atomic E-state index is 0.222. The average molecular weight is 412 g/mol. The van der Waals surface area contributed by atoms with Gasteiger partial charge in [0, 0.05) is 47.7 Å². The zero-order chi connectivity index (χ0) is 21.6. The Hall–Kier alpha value is -3.90. The van der Waals surface area contributed by atoms with E-state index in [4.69, 9.17) is 10.5 Å². The Morgan fingerprint density at radius 3 is 2.39 bits per heavy atom. The number of likely N-dealkylation sites (N-methyl/N-ethyl adjacent to an activating group) is 1. The van der Waals surface area contributed by atoms with E-state index in [-0.39, 0.29) is 5.92 Å². The number of aromatic nitrogens is 3. The molecule has 4 N–H and O–H groups in total. The minimum Gasteiger partial charge on any atom is -0.439 e. The first-order chi connectivity index (χ1) is 15.1. The lowest BCUT2D eigenvalue weighted by molar-refractivity contribution is 0.462. The third-order valence-corrected chi connectivity index (χ3v) is 5.16. The lowest BCUT2D eigenvalue weighted by Crippen LogP contribution is -2.18. The van der Waals surface area contributed by atoms with Crippen LogP contribution in [0.25, 0.3) is 16.8 Å². The topological polar surface area (TPSA) is 88.8 Å². The molecule has 0 bridgehead atoms. The van der Waals surface area contributed by atoms with Crippen molar-refractivity contribution < 1.29 is 4.74 Å². The fourth-order valence-corrected chi connectivity index (χ4v) is 3.50. The van der Waals surface area contributed by atoms with Crippen LogP contribution < -0.4 is 15.8 Å². The number of hydrogen-bond acceptors (Lipinski definition) is 5. The number of nitrogens with one attached hydrogen (secondary N) is 2. The molecule has 4 aromatic rings.